The van der Waals surface area contributed by atoms with Crippen LogP contribution in [0.15, 0.2) is 4.99 Å². The van der Waals surface area contributed by atoms with Crippen molar-refractivity contribution in [2.75, 3.05) is 26.7 Å². The normalized spacial score (nSPS) is 32.4. The number of guanidine groups is 1. The van der Waals surface area contributed by atoms with E-state index in [1.54, 1.807) is 7.05 Å². The third kappa shape index (κ3) is 4.05. The van der Waals surface area contributed by atoms with Gasteiger partial charge < -0.3 is 15.4 Å². The van der Waals surface area contributed by atoms with E-state index in [0.717, 1.165) is 25.9 Å². The van der Waals surface area contributed by atoms with Crippen LogP contribution in [-0.2, 0) is 14.8 Å². The van der Waals surface area contributed by atoms with Crippen LogP contribution < -0.4 is 10.6 Å². The van der Waals surface area contributed by atoms with Crippen molar-refractivity contribution >= 4 is 40.0 Å². The Labute approximate surface area is 192 Å². The number of halogens is 4. The highest BCUT2D eigenvalue weighted by Gasteiger charge is 2.65. The number of hydrogen-bond donors (Lipinski definition) is 2. The zero-order chi connectivity index (χ0) is 20.9. The van der Waals surface area contributed by atoms with E-state index in [-0.39, 0.29) is 48.5 Å². The van der Waals surface area contributed by atoms with E-state index in [1.165, 1.54) is 12.8 Å². The molecule has 0 radical (unpaired) electrons. The molecule has 0 aromatic carbocycles. The quantitative estimate of drug-likeness (QED) is 0.312. The van der Waals surface area contributed by atoms with Crippen molar-refractivity contribution in [3.05, 3.63) is 0 Å². The zero-order valence-electron chi connectivity index (χ0n) is 17.0. The SMILES string of the molecule is CN=C(NC1CCN(S(=O)(=O)C(F)(F)F)CC1)NC1C2CCOC2C12CCCC2.I. The summed E-state index contributed by atoms with van der Waals surface area (Å²) in [6, 6.07) is 0.186. The van der Waals surface area contributed by atoms with E-state index in [4.69, 9.17) is 4.74 Å². The molecule has 4 fully saturated rings. The Hall–Kier alpha value is -0.340. The van der Waals surface area contributed by atoms with E-state index in [1.807, 2.05) is 0 Å². The van der Waals surface area contributed by atoms with Crippen molar-refractivity contribution in [1.82, 2.24) is 14.9 Å². The molecular formula is C18H30F3IN4O3S. The number of piperidine rings is 1. The van der Waals surface area contributed by atoms with Crippen molar-refractivity contribution in [3.8, 4) is 0 Å². The number of nitrogens with one attached hydrogen (secondary N) is 2. The molecule has 0 amide bonds. The standard InChI is InChI=1S/C18H29F3N4O3S.HI/c1-22-16(23-12-4-9-25(10-5-12)29(26,27)18(19,20)21)24-14-13-6-11-28-15(13)17(14)7-2-3-8-17;/h12-15H,2-11H2,1H3,(H2,22,23,24);1H. The van der Waals surface area contributed by atoms with Gasteiger partial charge in [-0.05, 0) is 32.1 Å². The van der Waals surface area contributed by atoms with E-state index < -0.39 is 15.5 Å². The molecular weight excluding hydrogens is 536 g/mol. The molecule has 4 aliphatic rings. The van der Waals surface area contributed by atoms with Crippen LogP contribution in [0.2, 0.25) is 0 Å². The van der Waals surface area contributed by atoms with Crippen molar-refractivity contribution < 1.29 is 26.3 Å². The Balaban J connectivity index is 0.00000256. The molecule has 0 bridgehead atoms. The van der Waals surface area contributed by atoms with Crippen LogP contribution in [0.5, 0.6) is 0 Å². The van der Waals surface area contributed by atoms with Gasteiger partial charge in [0.2, 0.25) is 0 Å². The summed E-state index contributed by atoms with van der Waals surface area (Å²) in [5, 5.41) is 6.86. The molecule has 2 N–H and O–H groups in total. The van der Waals surface area contributed by atoms with Gasteiger partial charge in [-0.25, -0.2) is 8.42 Å². The fourth-order valence-electron chi connectivity index (χ4n) is 5.80. The Bertz CT molecular complexity index is 750. The number of ether oxygens (including phenoxy) is 1. The second kappa shape index (κ2) is 8.89. The van der Waals surface area contributed by atoms with E-state index in [0.29, 0.717) is 41.2 Å². The van der Waals surface area contributed by atoms with Gasteiger partial charge in [0.15, 0.2) is 5.96 Å². The van der Waals surface area contributed by atoms with Crippen LogP contribution in [0.3, 0.4) is 0 Å². The van der Waals surface area contributed by atoms with Crippen LogP contribution in [0, 0.1) is 11.3 Å². The average molecular weight is 566 g/mol. The minimum Gasteiger partial charge on any atom is -0.377 e. The van der Waals surface area contributed by atoms with Crippen molar-refractivity contribution in [2.24, 2.45) is 16.3 Å². The maximum Gasteiger partial charge on any atom is 0.511 e. The lowest BCUT2D eigenvalue weighted by molar-refractivity contribution is -0.125. The molecule has 7 nitrogen and oxygen atoms in total. The highest BCUT2D eigenvalue weighted by atomic mass is 127. The highest BCUT2D eigenvalue weighted by molar-refractivity contribution is 14.0. The van der Waals surface area contributed by atoms with Crippen LogP contribution in [-0.4, -0.2) is 69.1 Å². The Kier molecular flexibility index (Phi) is 7.20. The smallest absolute Gasteiger partial charge is 0.377 e. The molecule has 30 heavy (non-hydrogen) atoms. The molecule has 174 valence electrons. The van der Waals surface area contributed by atoms with Crippen molar-refractivity contribution in [2.45, 2.75) is 68.6 Å². The lowest BCUT2D eigenvalue weighted by atomic mass is 9.54. The zero-order valence-corrected chi connectivity index (χ0v) is 20.1. The summed E-state index contributed by atoms with van der Waals surface area (Å²) < 4.78 is 67.9. The highest BCUT2D eigenvalue weighted by Crippen LogP contribution is 2.60. The van der Waals surface area contributed by atoms with Gasteiger partial charge in [0.25, 0.3) is 0 Å². The summed E-state index contributed by atoms with van der Waals surface area (Å²) in [6.07, 6.45) is 6.70. The number of hydrogen-bond acceptors (Lipinski definition) is 4. The molecule has 3 unspecified atom stereocenters. The lowest BCUT2D eigenvalue weighted by Crippen LogP contribution is -2.69. The van der Waals surface area contributed by atoms with E-state index in [2.05, 4.69) is 15.6 Å². The van der Waals surface area contributed by atoms with Gasteiger partial charge in [-0.2, -0.15) is 17.5 Å². The minimum atomic E-state index is -5.25. The number of nitrogens with zero attached hydrogens (tertiary/aromatic N) is 2. The molecule has 12 heteroatoms. The number of fused-ring (bicyclic) bond motifs is 2. The first-order valence-electron chi connectivity index (χ1n) is 10.4. The number of rotatable bonds is 3. The second-order valence-electron chi connectivity index (χ2n) is 8.65. The first-order chi connectivity index (χ1) is 13.7. The Morgan fingerprint density at radius 1 is 1.13 bits per heavy atom. The molecule has 1 spiro atoms. The largest absolute Gasteiger partial charge is 0.511 e. The van der Waals surface area contributed by atoms with E-state index in [9.17, 15) is 21.6 Å². The molecule has 2 saturated carbocycles. The van der Waals surface area contributed by atoms with Gasteiger partial charge in [-0.1, -0.05) is 12.8 Å². The van der Waals surface area contributed by atoms with Gasteiger partial charge in [-0.3, -0.25) is 4.99 Å². The van der Waals surface area contributed by atoms with Gasteiger partial charge in [-0.15, -0.1) is 24.0 Å². The van der Waals surface area contributed by atoms with Gasteiger partial charge in [0.05, 0.1) is 6.10 Å². The molecule has 0 aromatic heterocycles. The monoisotopic (exact) mass is 566 g/mol. The van der Waals surface area contributed by atoms with Crippen LogP contribution in [0.1, 0.15) is 44.9 Å². The summed E-state index contributed by atoms with van der Waals surface area (Å²) >= 11 is 0. The molecule has 0 aromatic rings. The maximum atomic E-state index is 12.7. The third-order valence-electron chi connectivity index (χ3n) is 7.23. The van der Waals surface area contributed by atoms with Crippen molar-refractivity contribution in [1.29, 1.82) is 0 Å². The summed E-state index contributed by atoms with van der Waals surface area (Å²) in [5.74, 6) is 1.12. The van der Waals surface area contributed by atoms with Gasteiger partial charge in [0.1, 0.15) is 0 Å². The van der Waals surface area contributed by atoms with Crippen LogP contribution >= 0.6 is 24.0 Å². The molecule has 2 heterocycles. The first kappa shape index (κ1) is 24.3. The maximum absolute atomic E-state index is 12.7. The van der Waals surface area contributed by atoms with Crippen molar-refractivity contribution in [3.63, 3.8) is 0 Å². The average Bonchev–Trinajstić information content (AvgIpc) is 3.33. The molecule has 2 aliphatic heterocycles. The minimum absolute atomic E-state index is 0. The Morgan fingerprint density at radius 3 is 2.33 bits per heavy atom. The van der Waals surface area contributed by atoms with Gasteiger partial charge >= 0.3 is 15.5 Å². The third-order valence-corrected chi connectivity index (χ3v) is 8.86. The Morgan fingerprint density at radius 2 is 1.77 bits per heavy atom. The predicted molar refractivity (Wildman–Crippen MR) is 117 cm³/mol. The summed E-state index contributed by atoms with van der Waals surface area (Å²) in [4.78, 5) is 4.32. The fourth-order valence-corrected chi connectivity index (χ4v) is 6.79. The van der Waals surface area contributed by atoms with Gasteiger partial charge in [0, 0.05) is 50.2 Å². The summed E-state index contributed by atoms with van der Waals surface area (Å²) in [6.45, 7) is 0.498. The number of sulfonamides is 1. The molecule has 2 saturated heterocycles. The number of aliphatic imine (C=N–C) groups is 1. The fraction of sp³-hybridized carbons (Fsp3) is 0.944. The lowest BCUT2D eigenvalue weighted by Gasteiger charge is -2.57. The van der Waals surface area contributed by atoms with Crippen LogP contribution in [0.25, 0.3) is 0 Å². The molecule has 3 atom stereocenters. The first-order valence-corrected chi connectivity index (χ1v) is 11.8. The summed E-state index contributed by atoms with van der Waals surface area (Å²) in [5.41, 5.74) is -5.08. The topological polar surface area (TPSA) is 83.0 Å². The molecule has 4 rings (SSSR count). The van der Waals surface area contributed by atoms with Crippen LogP contribution in [0.4, 0.5) is 13.2 Å². The second-order valence-corrected chi connectivity index (χ2v) is 10.6. The number of alkyl halides is 3. The molecule has 2 aliphatic carbocycles. The van der Waals surface area contributed by atoms with E-state index >= 15 is 0 Å². The summed E-state index contributed by atoms with van der Waals surface area (Å²) in [7, 11) is -3.57. The predicted octanol–water partition coefficient (Wildman–Crippen LogP) is 2.43.